The fourth-order valence-electron chi connectivity index (χ4n) is 1.35. The van der Waals surface area contributed by atoms with Crippen LogP contribution in [0.1, 0.15) is 15.6 Å². The Morgan fingerprint density at radius 1 is 1.44 bits per heavy atom. The molecular weight excluding hydrogens is 298 g/mol. The molecular formula is C10H15BrF2N2S. The lowest BCUT2D eigenvalue weighted by Gasteiger charge is -2.19. The highest BCUT2D eigenvalue weighted by Gasteiger charge is 2.14. The number of aromatic nitrogens is 1. The number of hydrogen-bond acceptors (Lipinski definition) is 3. The summed E-state index contributed by atoms with van der Waals surface area (Å²) in [4.78, 5) is 7.23. The van der Waals surface area contributed by atoms with Crippen LogP contribution >= 0.6 is 27.3 Å². The van der Waals surface area contributed by atoms with E-state index in [-0.39, 0.29) is 6.54 Å². The van der Waals surface area contributed by atoms with Crippen LogP contribution in [0.5, 0.6) is 0 Å². The summed E-state index contributed by atoms with van der Waals surface area (Å²) in [6.45, 7) is 4.87. The standard InChI is InChI=1S/C10H15BrF2N2S/c1-7-8(2)16-10(14-7)6-15(4-3-11)5-9(12)13/h9H,3-6H2,1-2H3. The van der Waals surface area contributed by atoms with Crippen LogP contribution in [0.15, 0.2) is 0 Å². The van der Waals surface area contributed by atoms with Crippen molar-refractivity contribution in [3.8, 4) is 0 Å². The zero-order valence-corrected chi connectivity index (χ0v) is 11.7. The minimum absolute atomic E-state index is 0.191. The van der Waals surface area contributed by atoms with E-state index in [2.05, 4.69) is 20.9 Å². The summed E-state index contributed by atoms with van der Waals surface area (Å²) < 4.78 is 24.6. The van der Waals surface area contributed by atoms with Crippen LogP contribution in [-0.4, -0.2) is 34.7 Å². The number of hydrogen-bond donors (Lipinski definition) is 0. The Morgan fingerprint density at radius 3 is 2.56 bits per heavy atom. The SMILES string of the molecule is Cc1nc(CN(CCBr)CC(F)F)sc1C. The Bertz CT molecular complexity index is 311. The van der Waals surface area contributed by atoms with E-state index in [0.29, 0.717) is 18.4 Å². The van der Waals surface area contributed by atoms with Crippen molar-refractivity contribution in [1.82, 2.24) is 9.88 Å². The minimum Gasteiger partial charge on any atom is -0.290 e. The van der Waals surface area contributed by atoms with E-state index in [4.69, 9.17) is 0 Å². The summed E-state index contributed by atoms with van der Waals surface area (Å²) in [5, 5.41) is 1.61. The predicted molar refractivity (Wildman–Crippen MR) is 66.7 cm³/mol. The third kappa shape index (κ3) is 4.43. The molecule has 0 fully saturated rings. The minimum atomic E-state index is -2.29. The molecule has 0 aromatic carbocycles. The highest BCUT2D eigenvalue weighted by atomic mass is 79.9. The molecule has 2 nitrogen and oxygen atoms in total. The quantitative estimate of drug-likeness (QED) is 0.750. The third-order valence-corrected chi connectivity index (χ3v) is 3.64. The van der Waals surface area contributed by atoms with Crippen LogP contribution in [0.4, 0.5) is 8.78 Å². The lowest BCUT2D eigenvalue weighted by atomic mass is 10.4. The second-order valence-electron chi connectivity index (χ2n) is 3.56. The van der Waals surface area contributed by atoms with Crippen molar-refractivity contribution in [2.24, 2.45) is 0 Å². The van der Waals surface area contributed by atoms with Gasteiger partial charge in [-0.05, 0) is 13.8 Å². The van der Waals surface area contributed by atoms with E-state index in [1.165, 1.54) is 0 Å². The Morgan fingerprint density at radius 2 is 2.12 bits per heavy atom. The summed E-state index contributed by atoms with van der Waals surface area (Å²) in [5.74, 6) is 0. The van der Waals surface area contributed by atoms with Gasteiger partial charge in [-0.25, -0.2) is 13.8 Å². The molecule has 0 saturated carbocycles. The lowest BCUT2D eigenvalue weighted by Crippen LogP contribution is -2.30. The molecule has 1 aromatic heterocycles. The Balaban J connectivity index is 2.59. The van der Waals surface area contributed by atoms with Gasteiger partial charge < -0.3 is 0 Å². The molecule has 0 amide bonds. The number of thiazole rings is 1. The molecule has 92 valence electrons. The molecule has 0 spiro atoms. The maximum absolute atomic E-state index is 12.3. The van der Waals surface area contributed by atoms with E-state index in [1.54, 1.807) is 16.2 Å². The van der Waals surface area contributed by atoms with Gasteiger partial charge in [-0.2, -0.15) is 0 Å². The molecule has 0 aliphatic carbocycles. The molecule has 0 aliphatic rings. The predicted octanol–water partition coefficient (Wildman–Crippen LogP) is 3.22. The monoisotopic (exact) mass is 312 g/mol. The summed E-state index contributed by atoms with van der Waals surface area (Å²) in [6, 6.07) is 0. The van der Waals surface area contributed by atoms with Crippen LogP contribution in [0.2, 0.25) is 0 Å². The molecule has 6 heteroatoms. The van der Waals surface area contributed by atoms with Gasteiger partial charge in [0.1, 0.15) is 5.01 Å². The number of aryl methyl sites for hydroxylation is 2. The largest absolute Gasteiger partial charge is 0.290 e. The highest BCUT2D eigenvalue weighted by molar-refractivity contribution is 9.09. The van der Waals surface area contributed by atoms with Gasteiger partial charge in [0, 0.05) is 16.8 Å². The fourth-order valence-corrected chi connectivity index (χ4v) is 2.83. The number of nitrogens with zero attached hydrogens (tertiary/aromatic N) is 2. The average molecular weight is 313 g/mol. The normalized spacial score (nSPS) is 11.7. The van der Waals surface area contributed by atoms with E-state index < -0.39 is 6.43 Å². The molecule has 0 radical (unpaired) electrons. The average Bonchev–Trinajstić information content (AvgIpc) is 2.45. The number of halogens is 3. The lowest BCUT2D eigenvalue weighted by molar-refractivity contribution is 0.0881. The molecule has 0 N–H and O–H groups in total. The van der Waals surface area contributed by atoms with E-state index in [0.717, 1.165) is 15.6 Å². The molecule has 0 atom stereocenters. The second kappa shape index (κ2) is 6.61. The highest BCUT2D eigenvalue weighted by Crippen LogP contribution is 2.18. The van der Waals surface area contributed by atoms with Crippen LogP contribution in [0.25, 0.3) is 0 Å². The molecule has 1 rings (SSSR count). The van der Waals surface area contributed by atoms with Crippen molar-refractivity contribution in [2.75, 3.05) is 18.4 Å². The molecule has 0 saturated heterocycles. The van der Waals surface area contributed by atoms with Crippen LogP contribution in [0, 0.1) is 13.8 Å². The zero-order valence-electron chi connectivity index (χ0n) is 9.34. The molecule has 1 heterocycles. The van der Waals surface area contributed by atoms with Crippen molar-refractivity contribution in [1.29, 1.82) is 0 Å². The maximum atomic E-state index is 12.3. The van der Waals surface area contributed by atoms with Gasteiger partial charge >= 0.3 is 0 Å². The first kappa shape index (κ1) is 14.0. The maximum Gasteiger partial charge on any atom is 0.251 e. The van der Waals surface area contributed by atoms with Gasteiger partial charge in [-0.15, -0.1) is 11.3 Å². The summed E-state index contributed by atoms with van der Waals surface area (Å²) in [6.07, 6.45) is -2.29. The van der Waals surface area contributed by atoms with Gasteiger partial charge in [0.05, 0.1) is 18.8 Å². The van der Waals surface area contributed by atoms with Gasteiger partial charge in [-0.1, -0.05) is 15.9 Å². The molecule has 0 aliphatic heterocycles. The molecule has 0 bridgehead atoms. The van der Waals surface area contributed by atoms with Crippen LogP contribution in [-0.2, 0) is 6.54 Å². The number of alkyl halides is 3. The Labute approximate surface area is 107 Å². The first-order chi connectivity index (χ1) is 7.52. The Hall–Kier alpha value is -0.0700. The first-order valence-corrected chi connectivity index (χ1v) is 6.96. The fraction of sp³-hybridized carbons (Fsp3) is 0.700. The molecule has 16 heavy (non-hydrogen) atoms. The van der Waals surface area contributed by atoms with Gasteiger partial charge in [0.25, 0.3) is 6.43 Å². The van der Waals surface area contributed by atoms with E-state index in [1.807, 2.05) is 13.8 Å². The Kier molecular flexibility index (Phi) is 5.78. The van der Waals surface area contributed by atoms with E-state index >= 15 is 0 Å². The summed E-state index contributed by atoms with van der Waals surface area (Å²) in [7, 11) is 0. The van der Waals surface area contributed by atoms with Crippen LogP contribution < -0.4 is 0 Å². The third-order valence-electron chi connectivity index (χ3n) is 2.23. The van der Waals surface area contributed by atoms with Crippen molar-refractivity contribution in [3.05, 3.63) is 15.6 Å². The van der Waals surface area contributed by atoms with Crippen molar-refractivity contribution >= 4 is 27.3 Å². The zero-order chi connectivity index (χ0) is 12.1. The summed E-state index contributed by atoms with van der Waals surface area (Å²) >= 11 is 4.85. The number of rotatable bonds is 6. The molecule has 0 unspecified atom stereocenters. The van der Waals surface area contributed by atoms with Crippen molar-refractivity contribution in [3.63, 3.8) is 0 Å². The van der Waals surface area contributed by atoms with Gasteiger partial charge in [0.15, 0.2) is 0 Å². The van der Waals surface area contributed by atoms with Gasteiger partial charge in [-0.3, -0.25) is 4.90 Å². The van der Waals surface area contributed by atoms with Crippen molar-refractivity contribution < 1.29 is 8.78 Å². The topological polar surface area (TPSA) is 16.1 Å². The molecule has 1 aromatic rings. The first-order valence-electron chi connectivity index (χ1n) is 5.02. The summed E-state index contributed by atoms with van der Waals surface area (Å²) in [5.41, 5.74) is 0.996. The van der Waals surface area contributed by atoms with Crippen molar-refractivity contribution in [2.45, 2.75) is 26.8 Å². The smallest absolute Gasteiger partial charge is 0.251 e. The second-order valence-corrected chi connectivity index (χ2v) is 5.65. The van der Waals surface area contributed by atoms with Gasteiger partial charge in [0.2, 0.25) is 0 Å². The van der Waals surface area contributed by atoms with Crippen LogP contribution in [0.3, 0.4) is 0 Å². The van der Waals surface area contributed by atoms with E-state index in [9.17, 15) is 8.78 Å².